The van der Waals surface area contributed by atoms with Gasteiger partial charge in [0.2, 0.25) is 5.95 Å². The van der Waals surface area contributed by atoms with E-state index in [4.69, 9.17) is 5.73 Å². The lowest BCUT2D eigenvalue weighted by atomic mass is 10.2. The molecule has 0 saturated heterocycles. The summed E-state index contributed by atoms with van der Waals surface area (Å²) in [6, 6.07) is 12.0. The van der Waals surface area contributed by atoms with Crippen LogP contribution in [0.15, 0.2) is 36.4 Å². The van der Waals surface area contributed by atoms with Gasteiger partial charge >= 0.3 is 0 Å². The Labute approximate surface area is 94.7 Å². The van der Waals surface area contributed by atoms with E-state index in [1.54, 1.807) is 0 Å². The summed E-state index contributed by atoms with van der Waals surface area (Å²) in [7, 11) is 0. The largest absolute Gasteiger partial charge is 0.368 e. The summed E-state index contributed by atoms with van der Waals surface area (Å²) >= 11 is 0. The molecule has 0 bridgehead atoms. The molecule has 0 radical (unpaired) electrons. The second kappa shape index (κ2) is 4.57. The SMILES string of the molecule is Cc1cc(C=Cc2ccccc2)nc(N)n1. The first-order valence-corrected chi connectivity index (χ1v) is 5.08. The second-order valence-electron chi connectivity index (χ2n) is 3.54. The van der Waals surface area contributed by atoms with Crippen molar-refractivity contribution in [2.75, 3.05) is 5.73 Å². The maximum absolute atomic E-state index is 5.57. The van der Waals surface area contributed by atoms with Crippen LogP contribution in [0.1, 0.15) is 17.0 Å². The van der Waals surface area contributed by atoms with E-state index in [1.165, 1.54) is 0 Å². The van der Waals surface area contributed by atoms with Crippen molar-refractivity contribution in [2.45, 2.75) is 6.92 Å². The fourth-order valence-corrected chi connectivity index (χ4v) is 1.45. The van der Waals surface area contributed by atoms with Crippen molar-refractivity contribution in [1.82, 2.24) is 9.97 Å². The summed E-state index contributed by atoms with van der Waals surface area (Å²) in [5.74, 6) is 0.313. The molecule has 1 aromatic heterocycles. The summed E-state index contributed by atoms with van der Waals surface area (Å²) in [6.45, 7) is 1.90. The molecule has 3 heteroatoms. The minimum Gasteiger partial charge on any atom is -0.368 e. The van der Waals surface area contributed by atoms with E-state index < -0.39 is 0 Å². The lowest BCUT2D eigenvalue weighted by Gasteiger charge is -1.98. The van der Waals surface area contributed by atoms with Crippen LogP contribution in [-0.2, 0) is 0 Å². The third-order valence-corrected chi connectivity index (χ3v) is 2.14. The Morgan fingerprint density at radius 1 is 1.06 bits per heavy atom. The second-order valence-corrected chi connectivity index (χ2v) is 3.54. The first-order valence-electron chi connectivity index (χ1n) is 5.08. The molecule has 0 saturated carbocycles. The lowest BCUT2D eigenvalue weighted by molar-refractivity contribution is 1.11. The van der Waals surface area contributed by atoms with Crippen LogP contribution in [0.4, 0.5) is 5.95 Å². The molecule has 0 amide bonds. The topological polar surface area (TPSA) is 51.8 Å². The Hall–Kier alpha value is -2.16. The zero-order valence-electron chi connectivity index (χ0n) is 9.09. The van der Waals surface area contributed by atoms with Gasteiger partial charge in [0.15, 0.2) is 0 Å². The third-order valence-electron chi connectivity index (χ3n) is 2.14. The maximum Gasteiger partial charge on any atom is 0.220 e. The Bertz CT molecular complexity index is 484. The quantitative estimate of drug-likeness (QED) is 0.830. The highest BCUT2D eigenvalue weighted by atomic mass is 15.0. The first kappa shape index (κ1) is 10.4. The fourth-order valence-electron chi connectivity index (χ4n) is 1.45. The van der Waals surface area contributed by atoms with Crippen molar-refractivity contribution in [3.8, 4) is 0 Å². The Kier molecular flexibility index (Phi) is 2.96. The van der Waals surface area contributed by atoms with Crippen LogP contribution in [0.5, 0.6) is 0 Å². The molecule has 2 aromatic rings. The van der Waals surface area contributed by atoms with Gasteiger partial charge in [-0.25, -0.2) is 9.97 Å². The lowest BCUT2D eigenvalue weighted by Crippen LogP contribution is -1.97. The number of rotatable bonds is 2. The smallest absolute Gasteiger partial charge is 0.220 e. The van der Waals surface area contributed by atoms with Gasteiger partial charge in [-0.1, -0.05) is 36.4 Å². The van der Waals surface area contributed by atoms with Crippen LogP contribution in [-0.4, -0.2) is 9.97 Å². The van der Waals surface area contributed by atoms with Gasteiger partial charge in [-0.15, -0.1) is 0 Å². The molecule has 3 nitrogen and oxygen atoms in total. The Morgan fingerprint density at radius 3 is 2.50 bits per heavy atom. The van der Waals surface area contributed by atoms with E-state index in [9.17, 15) is 0 Å². The Morgan fingerprint density at radius 2 is 1.81 bits per heavy atom. The molecule has 2 N–H and O–H groups in total. The van der Waals surface area contributed by atoms with E-state index in [2.05, 4.69) is 9.97 Å². The number of nitrogens with zero attached hydrogens (tertiary/aromatic N) is 2. The number of hydrogen-bond acceptors (Lipinski definition) is 3. The monoisotopic (exact) mass is 211 g/mol. The van der Waals surface area contributed by atoms with Crippen LogP contribution < -0.4 is 5.73 Å². The number of benzene rings is 1. The predicted molar refractivity (Wildman–Crippen MR) is 66.6 cm³/mol. The van der Waals surface area contributed by atoms with E-state index >= 15 is 0 Å². The molecule has 0 fully saturated rings. The molecule has 0 aliphatic rings. The molecule has 0 spiro atoms. The number of nitrogen functional groups attached to an aromatic ring is 1. The highest BCUT2D eigenvalue weighted by molar-refractivity contribution is 5.68. The number of hydrogen-bond donors (Lipinski definition) is 1. The molecule has 16 heavy (non-hydrogen) atoms. The van der Waals surface area contributed by atoms with Gasteiger partial charge in [-0.05, 0) is 24.6 Å². The van der Waals surface area contributed by atoms with Gasteiger partial charge < -0.3 is 5.73 Å². The maximum atomic E-state index is 5.57. The van der Waals surface area contributed by atoms with Crippen molar-refractivity contribution >= 4 is 18.1 Å². The van der Waals surface area contributed by atoms with Gasteiger partial charge in [0.25, 0.3) is 0 Å². The van der Waals surface area contributed by atoms with Gasteiger partial charge in [0.05, 0.1) is 5.69 Å². The summed E-state index contributed by atoms with van der Waals surface area (Å²) < 4.78 is 0. The molecule has 0 aliphatic carbocycles. The van der Waals surface area contributed by atoms with Crippen molar-refractivity contribution in [2.24, 2.45) is 0 Å². The van der Waals surface area contributed by atoms with Crippen LogP contribution in [0.25, 0.3) is 12.2 Å². The predicted octanol–water partition coefficient (Wildman–Crippen LogP) is 2.54. The van der Waals surface area contributed by atoms with Crippen molar-refractivity contribution in [1.29, 1.82) is 0 Å². The third kappa shape index (κ3) is 2.67. The molecule has 0 aliphatic heterocycles. The normalized spacial score (nSPS) is 10.8. The number of aryl methyl sites for hydroxylation is 1. The van der Waals surface area contributed by atoms with Gasteiger partial charge in [-0.3, -0.25) is 0 Å². The number of aromatic nitrogens is 2. The molecular formula is C13H13N3. The zero-order chi connectivity index (χ0) is 11.4. The summed E-state index contributed by atoms with van der Waals surface area (Å²) in [5, 5.41) is 0. The summed E-state index contributed by atoms with van der Waals surface area (Å²) in [5.41, 5.74) is 8.41. The zero-order valence-corrected chi connectivity index (χ0v) is 9.09. The van der Waals surface area contributed by atoms with Crippen LogP contribution >= 0.6 is 0 Å². The standard InChI is InChI=1S/C13H13N3/c1-10-9-12(16-13(14)15-10)8-7-11-5-3-2-4-6-11/h2-9H,1H3,(H2,14,15,16). The summed E-state index contributed by atoms with van der Waals surface area (Å²) in [6.07, 6.45) is 3.93. The van der Waals surface area contributed by atoms with Crippen molar-refractivity contribution < 1.29 is 0 Å². The van der Waals surface area contributed by atoms with Gasteiger partial charge in [0, 0.05) is 5.69 Å². The molecular weight excluding hydrogens is 198 g/mol. The average molecular weight is 211 g/mol. The average Bonchev–Trinajstić information content (AvgIpc) is 2.27. The van der Waals surface area contributed by atoms with Gasteiger partial charge in [-0.2, -0.15) is 0 Å². The summed E-state index contributed by atoms with van der Waals surface area (Å²) in [4.78, 5) is 8.15. The minimum absolute atomic E-state index is 0.313. The highest BCUT2D eigenvalue weighted by Gasteiger charge is 1.95. The van der Waals surface area contributed by atoms with Gasteiger partial charge in [0.1, 0.15) is 0 Å². The van der Waals surface area contributed by atoms with Crippen molar-refractivity contribution in [3.63, 3.8) is 0 Å². The van der Waals surface area contributed by atoms with E-state index in [1.807, 2.05) is 55.5 Å². The van der Waals surface area contributed by atoms with Crippen LogP contribution in [0.2, 0.25) is 0 Å². The molecule has 1 heterocycles. The first-order chi connectivity index (χ1) is 7.74. The molecule has 0 unspecified atom stereocenters. The van der Waals surface area contributed by atoms with Crippen LogP contribution in [0.3, 0.4) is 0 Å². The fraction of sp³-hybridized carbons (Fsp3) is 0.0769. The minimum atomic E-state index is 0.313. The number of anilines is 1. The molecule has 0 atom stereocenters. The van der Waals surface area contributed by atoms with E-state index in [-0.39, 0.29) is 0 Å². The highest BCUT2D eigenvalue weighted by Crippen LogP contribution is 2.08. The molecule has 80 valence electrons. The number of nitrogens with two attached hydrogens (primary N) is 1. The Balaban J connectivity index is 2.24. The molecule has 1 aromatic carbocycles. The molecule has 2 rings (SSSR count). The van der Waals surface area contributed by atoms with E-state index in [0.29, 0.717) is 5.95 Å². The van der Waals surface area contributed by atoms with E-state index in [0.717, 1.165) is 17.0 Å². The van der Waals surface area contributed by atoms with Crippen molar-refractivity contribution in [3.05, 3.63) is 53.3 Å². The van der Waals surface area contributed by atoms with Crippen LogP contribution in [0, 0.1) is 6.92 Å².